The van der Waals surface area contributed by atoms with E-state index in [1.165, 1.54) is 0 Å². The van der Waals surface area contributed by atoms with Gasteiger partial charge in [0.25, 0.3) is 0 Å². The smallest absolute Gasteiger partial charge is 0.342 e. The van der Waals surface area contributed by atoms with Crippen LogP contribution < -0.4 is 9.80 Å². The molecule has 1 aromatic carbocycles. The van der Waals surface area contributed by atoms with Gasteiger partial charge in [-0.05, 0) is 44.2 Å². The van der Waals surface area contributed by atoms with Crippen molar-refractivity contribution in [3.63, 3.8) is 0 Å². The highest BCUT2D eigenvalue weighted by atomic mass is 35.5. The molecular weight excluding hydrogens is 338 g/mol. The van der Waals surface area contributed by atoms with Crippen LogP contribution in [0.25, 0.3) is 0 Å². The second-order valence-electron chi connectivity index (χ2n) is 6.28. The summed E-state index contributed by atoms with van der Waals surface area (Å²) in [6.07, 6.45) is 1.56. The number of hydrogen-bond acceptors (Lipinski definition) is 5. The highest BCUT2D eigenvalue weighted by Crippen LogP contribution is 2.24. The Morgan fingerprint density at radius 3 is 2.52 bits per heavy atom. The monoisotopic (exact) mass is 359 g/mol. The molecule has 1 aliphatic rings. The highest BCUT2D eigenvalue weighted by Gasteiger charge is 2.23. The molecule has 0 bridgehead atoms. The van der Waals surface area contributed by atoms with Gasteiger partial charge in [-0.3, -0.25) is 0 Å². The van der Waals surface area contributed by atoms with Gasteiger partial charge in [-0.15, -0.1) is 0 Å². The molecule has 0 radical (unpaired) electrons. The lowest BCUT2D eigenvalue weighted by Gasteiger charge is -2.37. The zero-order valence-electron chi connectivity index (χ0n) is 14.5. The van der Waals surface area contributed by atoms with E-state index in [-0.39, 0.29) is 12.1 Å². The number of halogens is 1. The number of hydrogen-bond donors (Lipinski definition) is 0. The van der Waals surface area contributed by atoms with Crippen LogP contribution in [-0.4, -0.2) is 43.2 Å². The minimum Gasteiger partial charge on any atom is -0.459 e. The Hall–Kier alpha value is -2.27. The van der Waals surface area contributed by atoms with E-state index >= 15 is 0 Å². The summed E-state index contributed by atoms with van der Waals surface area (Å²) in [4.78, 5) is 21.2. The number of anilines is 2. The van der Waals surface area contributed by atoms with Gasteiger partial charge in [0.2, 0.25) is 0 Å². The molecule has 1 fully saturated rings. The van der Waals surface area contributed by atoms with Gasteiger partial charge >= 0.3 is 5.97 Å². The van der Waals surface area contributed by atoms with Crippen LogP contribution in [0.4, 0.5) is 11.5 Å². The van der Waals surface area contributed by atoms with E-state index in [1.54, 1.807) is 18.3 Å². The zero-order chi connectivity index (χ0) is 17.8. The highest BCUT2D eigenvalue weighted by molar-refractivity contribution is 6.30. The average Bonchev–Trinajstić information content (AvgIpc) is 2.61. The molecule has 132 valence electrons. The molecule has 0 spiro atoms. The second kappa shape index (κ2) is 7.74. The molecule has 0 aliphatic carbocycles. The number of nitrogens with zero attached hydrogens (tertiary/aromatic N) is 3. The summed E-state index contributed by atoms with van der Waals surface area (Å²) in [5.41, 5.74) is 1.64. The van der Waals surface area contributed by atoms with Crippen molar-refractivity contribution in [3.05, 3.63) is 53.2 Å². The molecule has 1 aromatic heterocycles. The number of ether oxygens (including phenoxy) is 1. The van der Waals surface area contributed by atoms with Crippen molar-refractivity contribution in [1.82, 2.24) is 4.98 Å². The van der Waals surface area contributed by atoms with Gasteiger partial charge in [-0.1, -0.05) is 17.7 Å². The van der Waals surface area contributed by atoms with Crippen LogP contribution in [0.1, 0.15) is 24.2 Å². The van der Waals surface area contributed by atoms with Crippen LogP contribution >= 0.6 is 11.6 Å². The van der Waals surface area contributed by atoms with Gasteiger partial charge in [-0.25, -0.2) is 9.78 Å². The van der Waals surface area contributed by atoms with Gasteiger partial charge in [0.15, 0.2) is 0 Å². The normalized spacial score (nSPS) is 14.7. The molecule has 0 saturated carbocycles. The maximum atomic E-state index is 12.3. The number of piperazine rings is 1. The second-order valence-corrected chi connectivity index (χ2v) is 6.72. The summed E-state index contributed by atoms with van der Waals surface area (Å²) in [7, 11) is 0. The fraction of sp³-hybridized carbons (Fsp3) is 0.368. The lowest BCUT2D eigenvalue weighted by molar-refractivity contribution is 0.0378. The van der Waals surface area contributed by atoms with Gasteiger partial charge in [0.1, 0.15) is 11.4 Å². The summed E-state index contributed by atoms with van der Waals surface area (Å²) in [6.45, 7) is 6.94. The van der Waals surface area contributed by atoms with E-state index in [0.717, 1.165) is 36.9 Å². The van der Waals surface area contributed by atoms with Crippen molar-refractivity contribution < 1.29 is 9.53 Å². The van der Waals surface area contributed by atoms with E-state index in [0.29, 0.717) is 11.4 Å². The van der Waals surface area contributed by atoms with E-state index in [9.17, 15) is 4.79 Å². The van der Waals surface area contributed by atoms with Crippen molar-refractivity contribution in [1.29, 1.82) is 0 Å². The van der Waals surface area contributed by atoms with Crippen LogP contribution in [0.2, 0.25) is 5.02 Å². The molecule has 5 nitrogen and oxygen atoms in total. The Kier molecular flexibility index (Phi) is 5.43. The number of carbonyl (C=O) groups is 1. The molecule has 1 aliphatic heterocycles. The minimum atomic E-state index is -0.324. The Morgan fingerprint density at radius 2 is 1.84 bits per heavy atom. The molecule has 0 amide bonds. The SMILES string of the molecule is CC(C)OC(=O)c1cccnc1N1CCN(c2cccc(Cl)c2)CC1. The maximum Gasteiger partial charge on any atom is 0.342 e. The summed E-state index contributed by atoms with van der Waals surface area (Å²) in [5.74, 6) is 0.370. The average molecular weight is 360 g/mol. The summed E-state index contributed by atoms with van der Waals surface area (Å²) in [5, 5.41) is 0.739. The molecule has 0 unspecified atom stereocenters. The van der Waals surface area contributed by atoms with Crippen LogP contribution in [0.5, 0.6) is 0 Å². The fourth-order valence-electron chi connectivity index (χ4n) is 2.94. The van der Waals surface area contributed by atoms with Crippen molar-refractivity contribution >= 4 is 29.1 Å². The van der Waals surface area contributed by atoms with Gasteiger partial charge in [-0.2, -0.15) is 0 Å². The first-order chi connectivity index (χ1) is 12.0. The number of pyridine rings is 1. The predicted octanol–water partition coefficient (Wildman–Crippen LogP) is 3.63. The standard InChI is InChI=1S/C19H22ClN3O2/c1-14(2)25-19(24)17-7-4-8-21-18(17)23-11-9-22(10-12-23)16-6-3-5-15(20)13-16/h3-8,13-14H,9-12H2,1-2H3. The molecule has 6 heteroatoms. The third-order valence-electron chi connectivity index (χ3n) is 4.10. The van der Waals surface area contributed by atoms with Crippen LogP contribution in [-0.2, 0) is 4.74 Å². The maximum absolute atomic E-state index is 12.3. The lowest BCUT2D eigenvalue weighted by Crippen LogP contribution is -2.47. The number of rotatable bonds is 4. The van der Waals surface area contributed by atoms with Crippen molar-refractivity contribution in [3.8, 4) is 0 Å². The van der Waals surface area contributed by atoms with Crippen molar-refractivity contribution in [2.75, 3.05) is 36.0 Å². The summed E-state index contributed by atoms with van der Waals surface area (Å²) in [6, 6.07) is 11.4. The molecule has 3 rings (SSSR count). The quantitative estimate of drug-likeness (QED) is 0.780. The third-order valence-corrected chi connectivity index (χ3v) is 4.34. The molecule has 25 heavy (non-hydrogen) atoms. The first kappa shape index (κ1) is 17.5. The number of carbonyl (C=O) groups excluding carboxylic acids is 1. The number of benzene rings is 1. The summed E-state index contributed by atoms with van der Waals surface area (Å²) >= 11 is 6.09. The van der Waals surface area contributed by atoms with Crippen LogP contribution in [0.3, 0.4) is 0 Å². The number of aromatic nitrogens is 1. The van der Waals surface area contributed by atoms with Gasteiger partial charge in [0.05, 0.1) is 6.10 Å². The predicted molar refractivity (Wildman–Crippen MR) is 101 cm³/mol. The topological polar surface area (TPSA) is 45.7 Å². The largest absolute Gasteiger partial charge is 0.459 e. The lowest BCUT2D eigenvalue weighted by atomic mass is 10.2. The van der Waals surface area contributed by atoms with E-state index in [2.05, 4.69) is 20.9 Å². The van der Waals surface area contributed by atoms with Crippen LogP contribution in [0.15, 0.2) is 42.6 Å². The Morgan fingerprint density at radius 1 is 1.12 bits per heavy atom. The molecule has 0 N–H and O–H groups in total. The zero-order valence-corrected chi connectivity index (χ0v) is 15.2. The molecule has 2 aromatic rings. The minimum absolute atomic E-state index is 0.153. The molecular formula is C19H22ClN3O2. The van der Waals surface area contributed by atoms with Crippen LogP contribution in [0, 0.1) is 0 Å². The first-order valence-electron chi connectivity index (χ1n) is 8.46. The third kappa shape index (κ3) is 4.23. The van der Waals surface area contributed by atoms with Gasteiger partial charge in [0, 0.05) is 43.1 Å². The Labute approximate surface area is 153 Å². The fourth-order valence-corrected chi connectivity index (χ4v) is 3.12. The first-order valence-corrected chi connectivity index (χ1v) is 8.84. The van der Waals surface area contributed by atoms with Crippen molar-refractivity contribution in [2.45, 2.75) is 20.0 Å². The molecule has 2 heterocycles. The Bertz CT molecular complexity index is 743. The summed E-state index contributed by atoms with van der Waals surface area (Å²) < 4.78 is 5.34. The number of esters is 1. The Balaban J connectivity index is 1.72. The molecule has 0 atom stereocenters. The van der Waals surface area contributed by atoms with E-state index in [1.807, 2.05) is 32.0 Å². The van der Waals surface area contributed by atoms with Gasteiger partial charge < -0.3 is 14.5 Å². The van der Waals surface area contributed by atoms with E-state index < -0.39 is 0 Å². The molecule has 1 saturated heterocycles. The van der Waals surface area contributed by atoms with Crippen molar-refractivity contribution in [2.24, 2.45) is 0 Å². The van der Waals surface area contributed by atoms with E-state index in [4.69, 9.17) is 16.3 Å².